The van der Waals surface area contributed by atoms with E-state index in [2.05, 4.69) is 26.1 Å². The summed E-state index contributed by atoms with van der Waals surface area (Å²) in [6, 6.07) is 4.92. The van der Waals surface area contributed by atoms with Gasteiger partial charge in [-0.1, -0.05) is 19.1 Å². The minimum Gasteiger partial charge on any atom is -0.508 e. The van der Waals surface area contributed by atoms with Crippen molar-refractivity contribution in [3.05, 3.63) is 53.1 Å². The molecular weight excluding hydrogens is 397 g/mol. The van der Waals surface area contributed by atoms with Crippen molar-refractivity contribution < 1.29 is 14.6 Å². The Morgan fingerprint density at radius 3 is 2.87 bits per heavy atom. The van der Waals surface area contributed by atoms with Gasteiger partial charge < -0.3 is 20.5 Å². The highest BCUT2D eigenvalue weighted by molar-refractivity contribution is 5.66. The largest absolute Gasteiger partial charge is 0.508 e. The first-order chi connectivity index (χ1) is 15.1. The van der Waals surface area contributed by atoms with Gasteiger partial charge in [-0.05, 0) is 48.1 Å². The molecule has 0 radical (unpaired) electrons. The molecule has 0 spiro atoms. The van der Waals surface area contributed by atoms with E-state index in [1.807, 2.05) is 25.3 Å². The quantitative estimate of drug-likeness (QED) is 0.437. The van der Waals surface area contributed by atoms with E-state index in [1.165, 1.54) is 0 Å². The highest BCUT2D eigenvalue weighted by Gasteiger charge is 2.48. The summed E-state index contributed by atoms with van der Waals surface area (Å²) in [5, 5.41) is 22.4. The summed E-state index contributed by atoms with van der Waals surface area (Å²) < 4.78 is 15.7. The summed E-state index contributed by atoms with van der Waals surface area (Å²) in [6.45, 7) is 2.80. The van der Waals surface area contributed by atoms with Crippen molar-refractivity contribution in [1.29, 1.82) is 0 Å². The Morgan fingerprint density at radius 2 is 2.10 bits per heavy atom. The minimum atomic E-state index is -1.02. The number of aryl methyl sites for hydroxylation is 1. The number of aromatic hydroxyl groups is 1. The van der Waals surface area contributed by atoms with E-state index in [0.29, 0.717) is 6.54 Å². The average molecular weight is 428 g/mol. The van der Waals surface area contributed by atoms with Gasteiger partial charge in [-0.2, -0.15) is 0 Å². The van der Waals surface area contributed by atoms with Crippen LogP contribution in [0, 0.1) is 5.92 Å². The predicted molar refractivity (Wildman–Crippen MR) is 116 cm³/mol. The lowest BCUT2D eigenvalue weighted by molar-refractivity contribution is 0.135. The molecule has 31 heavy (non-hydrogen) atoms. The average Bonchev–Trinajstić information content (AvgIpc) is 3.52. The molecular formula is C23H30FN5O2. The van der Waals surface area contributed by atoms with E-state index in [4.69, 9.17) is 0 Å². The molecule has 0 bridgehead atoms. The first-order valence-corrected chi connectivity index (χ1v) is 11.2. The number of nitrogens with one attached hydrogen (secondary N) is 4. The molecule has 6 atom stereocenters. The molecule has 2 aliphatic heterocycles. The van der Waals surface area contributed by atoms with Gasteiger partial charge in [-0.3, -0.25) is 5.43 Å². The van der Waals surface area contributed by atoms with E-state index < -0.39 is 6.17 Å². The number of alkyl halides is 1. The van der Waals surface area contributed by atoms with E-state index in [9.17, 15) is 10.2 Å². The molecule has 2 aromatic rings. The lowest BCUT2D eigenvalue weighted by atomic mass is 9.71. The van der Waals surface area contributed by atoms with Crippen molar-refractivity contribution in [2.45, 2.75) is 56.4 Å². The topological polar surface area (TPSA) is 105 Å². The zero-order valence-electron chi connectivity index (χ0n) is 17.6. The van der Waals surface area contributed by atoms with Crippen LogP contribution in [0.5, 0.6) is 5.75 Å². The number of H-pyrrole nitrogens is 1. The fourth-order valence-corrected chi connectivity index (χ4v) is 5.47. The molecule has 7 nitrogen and oxygen atoms in total. The van der Waals surface area contributed by atoms with Crippen molar-refractivity contribution >= 4 is 5.57 Å². The van der Waals surface area contributed by atoms with E-state index in [1.54, 1.807) is 12.1 Å². The van der Waals surface area contributed by atoms with Crippen molar-refractivity contribution in [3.8, 4) is 5.75 Å². The summed E-state index contributed by atoms with van der Waals surface area (Å²) in [5.41, 5.74) is 10.5. The number of hydrogen-bond acceptors (Lipinski definition) is 6. The van der Waals surface area contributed by atoms with Crippen LogP contribution in [0.4, 0.5) is 4.39 Å². The van der Waals surface area contributed by atoms with Crippen molar-refractivity contribution in [2.24, 2.45) is 5.92 Å². The number of fused-ring (bicyclic) bond motifs is 1. The van der Waals surface area contributed by atoms with Crippen molar-refractivity contribution in [3.63, 3.8) is 0 Å². The fourth-order valence-electron chi connectivity index (χ4n) is 5.47. The monoisotopic (exact) mass is 427 g/mol. The van der Waals surface area contributed by atoms with Crippen LogP contribution in [0.2, 0.25) is 0 Å². The van der Waals surface area contributed by atoms with Gasteiger partial charge in [0.25, 0.3) is 0 Å². The second-order valence-electron chi connectivity index (χ2n) is 8.86. The number of rotatable bonds is 5. The first-order valence-electron chi connectivity index (χ1n) is 11.2. The number of phenols is 1. The molecule has 5 rings (SSSR count). The van der Waals surface area contributed by atoms with Gasteiger partial charge in [0.15, 0.2) is 0 Å². The Morgan fingerprint density at radius 1 is 1.23 bits per heavy atom. The second-order valence-corrected chi connectivity index (χ2v) is 8.86. The van der Waals surface area contributed by atoms with Crippen LogP contribution < -0.4 is 16.2 Å². The molecule has 1 aromatic heterocycles. The molecule has 5 unspecified atom stereocenters. The summed E-state index contributed by atoms with van der Waals surface area (Å²) in [7, 11) is 0. The number of nitrogens with zero attached hydrogens (tertiary/aromatic N) is 1. The van der Waals surface area contributed by atoms with Crippen LogP contribution in [-0.4, -0.2) is 51.6 Å². The molecule has 166 valence electrons. The van der Waals surface area contributed by atoms with Gasteiger partial charge in [0.05, 0.1) is 30.6 Å². The van der Waals surface area contributed by atoms with Gasteiger partial charge in [0.2, 0.25) is 0 Å². The molecule has 2 fully saturated rings. The zero-order valence-corrected chi connectivity index (χ0v) is 17.6. The normalized spacial score (nSPS) is 32.8. The Bertz CT molecular complexity index is 977. The third kappa shape index (κ3) is 3.67. The van der Waals surface area contributed by atoms with Crippen LogP contribution in [-0.2, 0) is 6.42 Å². The molecule has 1 aromatic carbocycles. The second kappa shape index (κ2) is 8.35. The standard InChI is InChI=1S/C23H30FN5O2/c1-2-12-8-15(31)3-4-16(12)17-5-6-18-21(20(17)24)28-29-22(18)23-26-10-19(27-23)13-7-14(11-30)25-9-13/h3-4,7-8,10,14,17-18,20-22,25,28-31H,2,5-6,9,11H2,1H3,(H,26,27)/t14-,17?,18?,20?,21?,22?/m1/s1. The number of aliphatic hydroxyl groups excluding tert-OH is 1. The molecule has 0 amide bonds. The summed E-state index contributed by atoms with van der Waals surface area (Å²) in [5.74, 6) is 0.972. The molecule has 1 saturated carbocycles. The smallest absolute Gasteiger partial charge is 0.125 e. The number of benzene rings is 1. The Hall–Kier alpha value is -2.26. The summed E-state index contributed by atoms with van der Waals surface area (Å²) in [4.78, 5) is 7.99. The van der Waals surface area contributed by atoms with E-state index in [0.717, 1.165) is 47.5 Å². The summed E-state index contributed by atoms with van der Waals surface area (Å²) >= 11 is 0. The van der Waals surface area contributed by atoms with E-state index >= 15 is 4.39 Å². The fraction of sp³-hybridized carbons (Fsp3) is 0.522. The third-order valence-electron chi connectivity index (χ3n) is 7.13. The highest BCUT2D eigenvalue weighted by atomic mass is 19.1. The van der Waals surface area contributed by atoms with Gasteiger partial charge in [-0.15, -0.1) is 0 Å². The lowest BCUT2D eigenvalue weighted by Crippen LogP contribution is -2.45. The molecule has 8 heteroatoms. The molecule has 3 aliphatic rings. The lowest BCUT2D eigenvalue weighted by Gasteiger charge is -2.36. The number of aliphatic hydroxyl groups is 1. The van der Waals surface area contributed by atoms with Crippen LogP contribution in [0.1, 0.15) is 54.4 Å². The first kappa shape index (κ1) is 20.6. The van der Waals surface area contributed by atoms with Crippen LogP contribution in [0.3, 0.4) is 0 Å². The number of aromatic amines is 1. The van der Waals surface area contributed by atoms with Gasteiger partial charge >= 0.3 is 0 Å². The van der Waals surface area contributed by atoms with Crippen LogP contribution >= 0.6 is 0 Å². The molecule has 3 heterocycles. The Kier molecular flexibility index (Phi) is 5.56. The maximum atomic E-state index is 15.7. The molecule has 1 saturated heterocycles. The maximum Gasteiger partial charge on any atom is 0.125 e. The van der Waals surface area contributed by atoms with Crippen molar-refractivity contribution in [1.82, 2.24) is 26.1 Å². The number of phenolic OH excluding ortho intramolecular Hbond substituents is 1. The Balaban J connectivity index is 1.33. The number of hydrogen-bond donors (Lipinski definition) is 6. The van der Waals surface area contributed by atoms with Gasteiger partial charge in [-0.25, -0.2) is 14.8 Å². The molecule has 1 aliphatic carbocycles. The summed E-state index contributed by atoms with van der Waals surface area (Å²) in [6.07, 6.45) is 5.24. The van der Waals surface area contributed by atoms with Crippen molar-refractivity contribution in [2.75, 3.05) is 13.2 Å². The van der Waals surface area contributed by atoms with E-state index in [-0.39, 0.29) is 42.3 Å². The number of imidazole rings is 1. The van der Waals surface area contributed by atoms with Gasteiger partial charge in [0.1, 0.15) is 17.7 Å². The van der Waals surface area contributed by atoms with Crippen LogP contribution in [0.15, 0.2) is 30.5 Å². The number of halogens is 1. The minimum absolute atomic E-state index is 0.0205. The number of aromatic nitrogens is 2. The zero-order chi connectivity index (χ0) is 21.5. The van der Waals surface area contributed by atoms with Gasteiger partial charge in [0, 0.05) is 24.4 Å². The highest BCUT2D eigenvalue weighted by Crippen LogP contribution is 2.45. The third-order valence-corrected chi connectivity index (χ3v) is 7.13. The SMILES string of the molecule is CCc1cc(O)ccc1C1CCC2C(c3ncc(C4=C[C@H](CO)NC4)[nH]3)NNC2C1F. The maximum absolute atomic E-state index is 15.7. The Labute approximate surface area is 181 Å². The molecule has 6 N–H and O–H groups in total. The number of hydrazine groups is 1. The van der Waals surface area contributed by atoms with Crippen LogP contribution in [0.25, 0.3) is 5.57 Å². The predicted octanol–water partition coefficient (Wildman–Crippen LogP) is 2.07.